The number of fused-ring (bicyclic) bond motifs is 1. The van der Waals surface area contributed by atoms with Gasteiger partial charge < -0.3 is 25.0 Å². The summed E-state index contributed by atoms with van der Waals surface area (Å²) in [6.07, 6.45) is 3.98. The van der Waals surface area contributed by atoms with E-state index in [0.29, 0.717) is 13.2 Å². The van der Waals surface area contributed by atoms with E-state index in [1.807, 2.05) is 24.3 Å². The molecular formula is C19H30N4O2. The molecule has 0 spiro atoms. The highest BCUT2D eigenvalue weighted by Gasteiger charge is 2.20. The van der Waals surface area contributed by atoms with Gasteiger partial charge in [-0.1, -0.05) is 18.6 Å². The summed E-state index contributed by atoms with van der Waals surface area (Å²) in [5.41, 5.74) is 0. The van der Waals surface area contributed by atoms with Gasteiger partial charge in [0, 0.05) is 19.6 Å². The molecule has 1 aromatic rings. The van der Waals surface area contributed by atoms with Crippen LogP contribution in [-0.2, 0) is 0 Å². The summed E-state index contributed by atoms with van der Waals surface area (Å²) in [5, 5.41) is 6.73. The van der Waals surface area contributed by atoms with Gasteiger partial charge in [0.15, 0.2) is 23.6 Å². The number of nitrogens with one attached hydrogen (secondary N) is 2. The zero-order valence-electron chi connectivity index (χ0n) is 15.2. The quantitative estimate of drug-likeness (QED) is 0.608. The van der Waals surface area contributed by atoms with Crippen molar-refractivity contribution < 1.29 is 9.47 Å². The van der Waals surface area contributed by atoms with Crippen LogP contribution in [0.15, 0.2) is 29.3 Å². The Balaban J connectivity index is 1.45. The average molecular weight is 346 g/mol. The predicted molar refractivity (Wildman–Crippen MR) is 101 cm³/mol. The Bertz CT molecular complexity index is 558. The summed E-state index contributed by atoms with van der Waals surface area (Å²) in [7, 11) is 0. The largest absolute Gasteiger partial charge is 0.486 e. The fourth-order valence-electron chi connectivity index (χ4n) is 3.20. The fraction of sp³-hybridized carbons (Fsp3) is 0.632. The summed E-state index contributed by atoms with van der Waals surface area (Å²) in [5.74, 6) is 2.47. The highest BCUT2D eigenvalue weighted by Crippen LogP contribution is 2.30. The van der Waals surface area contributed by atoms with Crippen LogP contribution >= 0.6 is 0 Å². The van der Waals surface area contributed by atoms with E-state index in [9.17, 15) is 0 Å². The molecule has 2 heterocycles. The molecule has 2 aliphatic heterocycles. The van der Waals surface area contributed by atoms with Crippen LogP contribution in [0.5, 0.6) is 11.5 Å². The molecule has 0 aromatic heterocycles. The molecule has 1 aromatic carbocycles. The molecule has 1 saturated heterocycles. The second-order valence-corrected chi connectivity index (χ2v) is 6.55. The van der Waals surface area contributed by atoms with Crippen molar-refractivity contribution in [3.8, 4) is 11.5 Å². The normalized spacial score (nSPS) is 21.0. The molecule has 1 atom stereocenters. The molecular weight excluding hydrogens is 316 g/mol. The molecule has 2 N–H and O–H groups in total. The maximum Gasteiger partial charge on any atom is 0.191 e. The van der Waals surface area contributed by atoms with Gasteiger partial charge in [-0.25, -0.2) is 4.99 Å². The number of likely N-dealkylation sites (tertiary alicyclic amines) is 1. The third kappa shape index (κ3) is 5.53. The van der Waals surface area contributed by atoms with Gasteiger partial charge >= 0.3 is 0 Å². The van der Waals surface area contributed by atoms with Crippen LogP contribution in [0.3, 0.4) is 0 Å². The molecule has 138 valence electrons. The van der Waals surface area contributed by atoms with Crippen LogP contribution in [0.1, 0.15) is 26.2 Å². The van der Waals surface area contributed by atoms with Gasteiger partial charge in [-0.2, -0.15) is 0 Å². The summed E-state index contributed by atoms with van der Waals surface area (Å²) in [4.78, 5) is 7.19. The van der Waals surface area contributed by atoms with Crippen LogP contribution in [0.25, 0.3) is 0 Å². The number of hydrogen-bond donors (Lipinski definition) is 2. The number of nitrogens with zero attached hydrogens (tertiary/aromatic N) is 2. The van der Waals surface area contributed by atoms with E-state index in [4.69, 9.17) is 9.47 Å². The third-order valence-electron chi connectivity index (χ3n) is 4.53. The zero-order valence-corrected chi connectivity index (χ0v) is 15.2. The lowest BCUT2D eigenvalue weighted by atomic mass is 10.1. The summed E-state index contributed by atoms with van der Waals surface area (Å²) < 4.78 is 11.7. The van der Waals surface area contributed by atoms with Crippen molar-refractivity contribution in [1.29, 1.82) is 0 Å². The van der Waals surface area contributed by atoms with Crippen LogP contribution in [0.2, 0.25) is 0 Å². The highest BCUT2D eigenvalue weighted by atomic mass is 16.6. The van der Waals surface area contributed by atoms with Crippen molar-refractivity contribution in [2.45, 2.75) is 32.3 Å². The SMILES string of the molecule is CCNC(=NCC1COc2ccccc2O1)NCCN1CCCCC1. The van der Waals surface area contributed by atoms with Crippen LogP contribution in [0.4, 0.5) is 0 Å². The van der Waals surface area contributed by atoms with Gasteiger partial charge in [0.25, 0.3) is 0 Å². The van der Waals surface area contributed by atoms with E-state index < -0.39 is 0 Å². The molecule has 0 aliphatic carbocycles. The van der Waals surface area contributed by atoms with E-state index >= 15 is 0 Å². The van der Waals surface area contributed by atoms with Gasteiger partial charge in [0.2, 0.25) is 0 Å². The van der Waals surface area contributed by atoms with Crippen molar-refractivity contribution in [1.82, 2.24) is 15.5 Å². The van der Waals surface area contributed by atoms with Gasteiger partial charge in [0.05, 0.1) is 6.54 Å². The number of guanidine groups is 1. The summed E-state index contributed by atoms with van der Waals surface area (Å²) in [6.45, 7) is 8.47. The Morgan fingerprint density at radius 1 is 1.16 bits per heavy atom. The van der Waals surface area contributed by atoms with Gasteiger partial charge in [-0.05, 0) is 45.0 Å². The first-order valence-electron chi connectivity index (χ1n) is 9.48. The molecule has 6 heteroatoms. The minimum absolute atomic E-state index is 0.0487. The number of hydrogen-bond acceptors (Lipinski definition) is 4. The van der Waals surface area contributed by atoms with Crippen molar-refractivity contribution >= 4 is 5.96 Å². The van der Waals surface area contributed by atoms with E-state index in [1.165, 1.54) is 32.4 Å². The molecule has 3 rings (SSSR count). The first-order chi connectivity index (χ1) is 12.3. The Kier molecular flexibility index (Phi) is 6.79. The van der Waals surface area contributed by atoms with E-state index in [1.54, 1.807) is 0 Å². The molecule has 0 radical (unpaired) electrons. The van der Waals surface area contributed by atoms with Gasteiger partial charge in [-0.15, -0.1) is 0 Å². The van der Waals surface area contributed by atoms with E-state index in [2.05, 4.69) is 27.4 Å². The number of benzene rings is 1. The number of para-hydroxylation sites is 2. The minimum Gasteiger partial charge on any atom is -0.486 e. The number of aliphatic imine (C=N–C) groups is 1. The van der Waals surface area contributed by atoms with Gasteiger partial charge in [0.1, 0.15) is 6.61 Å². The lowest BCUT2D eigenvalue weighted by Crippen LogP contribution is -2.43. The van der Waals surface area contributed by atoms with Crippen molar-refractivity contribution in [2.75, 3.05) is 45.9 Å². The monoisotopic (exact) mass is 346 g/mol. The van der Waals surface area contributed by atoms with Crippen molar-refractivity contribution in [3.05, 3.63) is 24.3 Å². The minimum atomic E-state index is -0.0487. The number of ether oxygens (including phenoxy) is 2. The smallest absolute Gasteiger partial charge is 0.191 e. The standard InChI is InChI=1S/C19H30N4O2/c1-2-20-19(21-10-13-23-11-6-3-7-12-23)22-14-16-15-24-17-8-4-5-9-18(17)25-16/h4-5,8-9,16H,2-3,6-7,10-15H2,1H3,(H2,20,21,22). The molecule has 6 nitrogen and oxygen atoms in total. The van der Waals surface area contributed by atoms with Crippen LogP contribution < -0.4 is 20.1 Å². The van der Waals surface area contributed by atoms with E-state index in [0.717, 1.165) is 37.1 Å². The topological polar surface area (TPSA) is 58.1 Å². The molecule has 25 heavy (non-hydrogen) atoms. The van der Waals surface area contributed by atoms with Crippen LogP contribution in [0, 0.1) is 0 Å². The van der Waals surface area contributed by atoms with Crippen LogP contribution in [-0.4, -0.2) is 62.8 Å². The first kappa shape index (κ1) is 17.9. The number of rotatable bonds is 6. The fourth-order valence-corrected chi connectivity index (χ4v) is 3.20. The average Bonchev–Trinajstić information content (AvgIpc) is 2.67. The Morgan fingerprint density at radius 3 is 2.76 bits per heavy atom. The summed E-state index contributed by atoms with van der Waals surface area (Å²) >= 11 is 0. The van der Waals surface area contributed by atoms with Crippen molar-refractivity contribution in [3.63, 3.8) is 0 Å². The lowest BCUT2D eigenvalue weighted by molar-refractivity contribution is 0.0971. The van der Waals surface area contributed by atoms with Gasteiger partial charge in [-0.3, -0.25) is 0 Å². The Labute approximate surface area is 150 Å². The maximum absolute atomic E-state index is 5.96. The highest BCUT2D eigenvalue weighted by molar-refractivity contribution is 5.79. The molecule has 2 aliphatic rings. The molecule has 0 bridgehead atoms. The third-order valence-corrected chi connectivity index (χ3v) is 4.53. The Hall–Kier alpha value is -1.95. The molecule has 0 amide bonds. The molecule has 1 unspecified atom stereocenters. The Morgan fingerprint density at radius 2 is 1.96 bits per heavy atom. The summed E-state index contributed by atoms with van der Waals surface area (Å²) in [6, 6.07) is 7.78. The predicted octanol–water partition coefficient (Wildman–Crippen LogP) is 1.87. The first-order valence-corrected chi connectivity index (χ1v) is 9.48. The molecule has 1 fully saturated rings. The molecule has 0 saturated carbocycles. The zero-order chi connectivity index (χ0) is 17.3. The van der Waals surface area contributed by atoms with Crippen molar-refractivity contribution in [2.24, 2.45) is 4.99 Å². The second kappa shape index (κ2) is 9.51. The number of piperidine rings is 1. The lowest BCUT2D eigenvalue weighted by Gasteiger charge is -2.27. The van der Waals surface area contributed by atoms with E-state index in [-0.39, 0.29) is 6.10 Å². The maximum atomic E-state index is 5.96. The second-order valence-electron chi connectivity index (χ2n) is 6.55.